The molecule has 8 heteroatoms. The van der Waals surface area contributed by atoms with Crippen molar-refractivity contribution < 1.29 is 28.4 Å². The van der Waals surface area contributed by atoms with Gasteiger partial charge in [0.2, 0.25) is 5.76 Å². The van der Waals surface area contributed by atoms with E-state index >= 15 is 0 Å². The number of nitro benzene ring substituents is 1. The SMILES string of the molecule is Cc1cc(COc2ccc([N+](=O)[O-])cc2F)oc1C(=O)O. The van der Waals surface area contributed by atoms with E-state index in [9.17, 15) is 19.3 Å². The lowest BCUT2D eigenvalue weighted by molar-refractivity contribution is -0.385. The quantitative estimate of drug-likeness (QED) is 0.672. The number of halogens is 1. The molecule has 1 aromatic heterocycles. The summed E-state index contributed by atoms with van der Waals surface area (Å²) in [5, 5.41) is 19.3. The topological polar surface area (TPSA) is 103 Å². The third kappa shape index (κ3) is 3.16. The second-order valence-corrected chi connectivity index (χ2v) is 4.19. The summed E-state index contributed by atoms with van der Waals surface area (Å²) in [6, 6.07) is 4.44. The minimum atomic E-state index is -1.21. The van der Waals surface area contributed by atoms with Gasteiger partial charge in [0.25, 0.3) is 5.69 Å². The van der Waals surface area contributed by atoms with Crippen molar-refractivity contribution in [2.75, 3.05) is 0 Å². The fourth-order valence-electron chi connectivity index (χ4n) is 1.70. The highest BCUT2D eigenvalue weighted by atomic mass is 19.1. The number of furan rings is 1. The molecule has 2 aromatic rings. The first kappa shape index (κ1) is 14.5. The molecule has 2 rings (SSSR count). The van der Waals surface area contributed by atoms with Gasteiger partial charge < -0.3 is 14.3 Å². The third-order valence-corrected chi connectivity index (χ3v) is 2.66. The Balaban J connectivity index is 2.11. The molecule has 7 nitrogen and oxygen atoms in total. The van der Waals surface area contributed by atoms with Gasteiger partial charge >= 0.3 is 5.97 Å². The van der Waals surface area contributed by atoms with Crippen molar-refractivity contribution in [3.8, 4) is 5.75 Å². The first-order chi connectivity index (χ1) is 9.88. The van der Waals surface area contributed by atoms with Gasteiger partial charge in [-0.05, 0) is 19.1 Å². The van der Waals surface area contributed by atoms with Crippen molar-refractivity contribution in [2.24, 2.45) is 0 Å². The molecular weight excluding hydrogens is 285 g/mol. The van der Waals surface area contributed by atoms with Gasteiger partial charge in [0.05, 0.1) is 11.0 Å². The predicted octanol–water partition coefficient (Wildman–Crippen LogP) is 2.91. The lowest BCUT2D eigenvalue weighted by Gasteiger charge is -2.04. The summed E-state index contributed by atoms with van der Waals surface area (Å²) in [6.07, 6.45) is 0. The number of nitro groups is 1. The van der Waals surface area contributed by atoms with Crippen molar-refractivity contribution in [3.05, 3.63) is 57.3 Å². The van der Waals surface area contributed by atoms with Crippen LogP contribution in [0.5, 0.6) is 5.75 Å². The van der Waals surface area contributed by atoms with Crippen LogP contribution < -0.4 is 4.74 Å². The molecule has 1 N–H and O–H groups in total. The highest BCUT2D eigenvalue weighted by Gasteiger charge is 2.16. The molecule has 0 unspecified atom stereocenters. The Hall–Kier alpha value is -2.90. The maximum atomic E-state index is 13.6. The van der Waals surface area contributed by atoms with Gasteiger partial charge in [0.1, 0.15) is 12.4 Å². The van der Waals surface area contributed by atoms with Crippen LogP contribution in [0.3, 0.4) is 0 Å². The molecule has 21 heavy (non-hydrogen) atoms. The van der Waals surface area contributed by atoms with Crippen LogP contribution in [0.1, 0.15) is 21.9 Å². The van der Waals surface area contributed by atoms with E-state index in [-0.39, 0.29) is 29.6 Å². The van der Waals surface area contributed by atoms with Gasteiger partial charge in [-0.2, -0.15) is 0 Å². The summed E-state index contributed by atoms with van der Waals surface area (Å²) in [7, 11) is 0. The Kier molecular flexibility index (Phi) is 3.88. The molecule has 0 bridgehead atoms. The van der Waals surface area contributed by atoms with Gasteiger partial charge in [-0.15, -0.1) is 0 Å². The molecule has 0 aliphatic heterocycles. The van der Waals surface area contributed by atoms with Crippen LogP contribution in [-0.2, 0) is 6.61 Å². The molecule has 1 heterocycles. The van der Waals surface area contributed by atoms with E-state index in [0.717, 1.165) is 18.2 Å². The van der Waals surface area contributed by atoms with E-state index in [1.807, 2.05) is 0 Å². The number of non-ortho nitro benzene ring substituents is 1. The fraction of sp³-hybridized carbons (Fsp3) is 0.154. The Morgan fingerprint density at radius 1 is 1.48 bits per heavy atom. The van der Waals surface area contributed by atoms with Crippen molar-refractivity contribution in [1.29, 1.82) is 0 Å². The number of carboxylic acids is 1. The predicted molar refractivity (Wildman–Crippen MR) is 67.8 cm³/mol. The largest absolute Gasteiger partial charge is 0.483 e. The molecule has 0 fully saturated rings. The number of aryl methyl sites for hydroxylation is 1. The minimum Gasteiger partial charge on any atom is -0.483 e. The Bertz CT molecular complexity index is 709. The van der Waals surface area contributed by atoms with Crippen molar-refractivity contribution in [2.45, 2.75) is 13.5 Å². The summed E-state index contributed by atoms with van der Waals surface area (Å²) in [6.45, 7) is 1.37. The van der Waals surface area contributed by atoms with Crippen LogP contribution in [0.25, 0.3) is 0 Å². The van der Waals surface area contributed by atoms with E-state index < -0.39 is 16.7 Å². The average molecular weight is 295 g/mol. The second kappa shape index (κ2) is 5.61. The molecule has 0 saturated carbocycles. The van der Waals surface area contributed by atoms with Gasteiger partial charge in [0.15, 0.2) is 11.6 Å². The standard InChI is InChI=1S/C13H10FNO6/c1-7-4-9(21-12(7)13(16)17)6-20-11-3-2-8(15(18)19)5-10(11)14/h2-5H,6H2,1H3,(H,16,17). The molecule has 0 atom stereocenters. The molecule has 0 aliphatic carbocycles. The molecule has 0 spiro atoms. The summed E-state index contributed by atoms with van der Waals surface area (Å²) in [5.41, 5.74) is 0.0344. The number of hydrogen-bond donors (Lipinski definition) is 1. The minimum absolute atomic E-state index is 0.188. The molecule has 0 radical (unpaired) electrons. The van der Waals surface area contributed by atoms with Gasteiger partial charge in [0, 0.05) is 11.6 Å². The maximum Gasteiger partial charge on any atom is 0.372 e. The highest BCUT2D eigenvalue weighted by molar-refractivity contribution is 5.86. The normalized spacial score (nSPS) is 10.4. The van der Waals surface area contributed by atoms with Crippen molar-refractivity contribution in [3.63, 3.8) is 0 Å². The number of hydrogen-bond acceptors (Lipinski definition) is 5. The van der Waals surface area contributed by atoms with Crippen LogP contribution in [0.2, 0.25) is 0 Å². The highest BCUT2D eigenvalue weighted by Crippen LogP contribution is 2.24. The van der Waals surface area contributed by atoms with Crippen LogP contribution in [0.15, 0.2) is 28.7 Å². The lowest BCUT2D eigenvalue weighted by atomic mass is 10.2. The van der Waals surface area contributed by atoms with E-state index in [2.05, 4.69) is 0 Å². The average Bonchev–Trinajstić information content (AvgIpc) is 2.78. The van der Waals surface area contributed by atoms with Crippen molar-refractivity contribution in [1.82, 2.24) is 0 Å². The number of rotatable bonds is 5. The van der Waals surface area contributed by atoms with Crippen LogP contribution in [-0.4, -0.2) is 16.0 Å². The van der Waals surface area contributed by atoms with Gasteiger partial charge in [-0.25, -0.2) is 9.18 Å². The van der Waals surface area contributed by atoms with Crippen LogP contribution in [0.4, 0.5) is 10.1 Å². The van der Waals surface area contributed by atoms with Gasteiger partial charge in [-0.1, -0.05) is 0 Å². The summed E-state index contributed by atoms with van der Waals surface area (Å²) < 4.78 is 23.7. The zero-order chi connectivity index (χ0) is 15.6. The first-order valence-corrected chi connectivity index (χ1v) is 5.78. The molecule has 0 saturated heterocycles. The smallest absolute Gasteiger partial charge is 0.372 e. The van der Waals surface area contributed by atoms with Crippen LogP contribution in [0, 0.1) is 22.9 Å². The summed E-state index contributed by atoms with van der Waals surface area (Å²) in [4.78, 5) is 20.6. The second-order valence-electron chi connectivity index (χ2n) is 4.19. The number of benzene rings is 1. The lowest BCUT2D eigenvalue weighted by Crippen LogP contribution is -1.98. The Labute approximate surface area is 117 Å². The monoisotopic (exact) mass is 295 g/mol. The molecule has 1 aromatic carbocycles. The summed E-state index contributed by atoms with van der Waals surface area (Å²) in [5.74, 6) is -2.28. The van der Waals surface area contributed by atoms with E-state index in [1.54, 1.807) is 6.92 Å². The number of aromatic carboxylic acids is 1. The Morgan fingerprint density at radius 2 is 2.19 bits per heavy atom. The molecule has 110 valence electrons. The first-order valence-electron chi connectivity index (χ1n) is 5.78. The van der Waals surface area contributed by atoms with E-state index in [1.165, 1.54) is 6.07 Å². The fourth-order valence-corrected chi connectivity index (χ4v) is 1.70. The van der Waals surface area contributed by atoms with Crippen molar-refractivity contribution >= 4 is 11.7 Å². The Morgan fingerprint density at radius 3 is 2.71 bits per heavy atom. The van der Waals surface area contributed by atoms with Gasteiger partial charge in [-0.3, -0.25) is 10.1 Å². The molecule has 0 aliphatic rings. The molecule has 0 amide bonds. The van der Waals surface area contributed by atoms with E-state index in [4.69, 9.17) is 14.3 Å². The third-order valence-electron chi connectivity index (χ3n) is 2.66. The number of ether oxygens (including phenoxy) is 1. The number of carbonyl (C=O) groups is 1. The number of carboxylic acid groups (broad SMARTS) is 1. The zero-order valence-corrected chi connectivity index (χ0v) is 10.8. The van der Waals surface area contributed by atoms with Crippen LogP contribution >= 0.6 is 0 Å². The number of nitrogens with zero attached hydrogens (tertiary/aromatic N) is 1. The van der Waals surface area contributed by atoms with E-state index in [0.29, 0.717) is 5.56 Å². The summed E-state index contributed by atoms with van der Waals surface area (Å²) >= 11 is 0. The zero-order valence-electron chi connectivity index (χ0n) is 10.8. The molecular formula is C13H10FNO6. The maximum absolute atomic E-state index is 13.6.